The third kappa shape index (κ3) is 4.75. The Morgan fingerprint density at radius 3 is 1.14 bits per heavy atom. The largest absolute Gasteiger partial charge is 0.411 e. The summed E-state index contributed by atoms with van der Waals surface area (Å²) in [6.07, 6.45) is -8.94. The number of hydrogen-bond acceptors (Lipinski definition) is 2. The van der Waals surface area contributed by atoms with Crippen molar-refractivity contribution in [3.8, 4) is 0 Å². The van der Waals surface area contributed by atoms with Gasteiger partial charge in [0.15, 0.2) is 0 Å². The van der Waals surface area contributed by atoms with Crippen LogP contribution in [0.1, 0.15) is 41.5 Å². The van der Waals surface area contributed by atoms with Crippen molar-refractivity contribution in [2.24, 2.45) is 11.8 Å². The molecule has 0 aliphatic heterocycles. The molecule has 0 N–H and O–H groups in total. The van der Waals surface area contributed by atoms with Crippen molar-refractivity contribution in [2.45, 2.75) is 65.1 Å². The van der Waals surface area contributed by atoms with Crippen molar-refractivity contribution in [3.63, 3.8) is 0 Å². The van der Waals surface area contributed by atoms with Crippen molar-refractivity contribution in [1.29, 1.82) is 0 Å². The van der Waals surface area contributed by atoms with Crippen molar-refractivity contribution in [1.82, 2.24) is 0 Å². The SMILES string of the molecule is CC.CC1C(C)(OCC(F)(F)F)C(C)C1(C)OCC(F)(F)F. The molecule has 0 spiro atoms. The van der Waals surface area contributed by atoms with E-state index in [1.807, 2.05) is 13.8 Å². The molecule has 1 aliphatic rings. The van der Waals surface area contributed by atoms with E-state index in [0.717, 1.165) is 0 Å². The Labute approximate surface area is 127 Å². The fourth-order valence-electron chi connectivity index (χ4n) is 2.77. The molecule has 0 unspecified atom stereocenters. The lowest BCUT2D eigenvalue weighted by atomic mass is 9.53. The van der Waals surface area contributed by atoms with Crippen LogP contribution in [0.5, 0.6) is 0 Å². The summed E-state index contributed by atoms with van der Waals surface area (Å²) in [5, 5.41) is 0. The van der Waals surface area contributed by atoms with E-state index in [4.69, 9.17) is 9.47 Å². The summed E-state index contributed by atoms with van der Waals surface area (Å²) in [7, 11) is 0. The number of alkyl halides is 6. The summed E-state index contributed by atoms with van der Waals surface area (Å²) in [4.78, 5) is 0. The van der Waals surface area contributed by atoms with E-state index in [1.54, 1.807) is 0 Å². The summed E-state index contributed by atoms with van der Waals surface area (Å²) >= 11 is 0. The Morgan fingerprint density at radius 1 is 0.727 bits per heavy atom. The number of ether oxygens (including phenoxy) is 2. The molecule has 1 rings (SSSR count). The van der Waals surface area contributed by atoms with Crippen LogP contribution in [0, 0.1) is 11.8 Å². The fourth-order valence-corrected chi connectivity index (χ4v) is 2.77. The first-order valence-electron chi connectivity index (χ1n) is 7.14. The average molecular weight is 338 g/mol. The van der Waals surface area contributed by atoms with Gasteiger partial charge in [0.1, 0.15) is 13.2 Å². The summed E-state index contributed by atoms with van der Waals surface area (Å²) in [6.45, 7) is 7.15. The van der Waals surface area contributed by atoms with Crippen molar-refractivity contribution in [2.75, 3.05) is 13.2 Å². The van der Waals surface area contributed by atoms with Gasteiger partial charge in [-0.05, 0) is 13.8 Å². The van der Waals surface area contributed by atoms with E-state index in [0.29, 0.717) is 0 Å². The van der Waals surface area contributed by atoms with Crippen LogP contribution in [0.25, 0.3) is 0 Å². The Hall–Kier alpha value is -0.500. The Bertz CT molecular complexity index is 308. The Kier molecular flexibility index (Phi) is 6.79. The second-order valence-corrected chi connectivity index (χ2v) is 5.62. The van der Waals surface area contributed by atoms with Gasteiger partial charge in [-0.25, -0.2) is 0 Å². The highest BCUT2D eigenvalue weighted by Crippen LogP contribution is 2.56. The van der Waals surface area contributed by atoms with Gasteiger partial charge in [-0.15, -0.1) is 0 Å². The van der Waals surface area contributed by atoms with E-state index in [1.165, 1.54) is 27.7 Å². The zero-order valence-corrected chi connectivity index (χ0v) is 13.7. The van der Waals surface area contributed by atoms with Gasteiger partial charge in [-0.1, -0.05) is 27.7 Å². The van der Waals surface area contributed by atoms with Crippen LogP contribution < -0.4 is 0 Å². The van der Waals surface area contributed by atoms with Crippen LogP contribution >= 0.6 is 0 Å². The predicted molar refractivity (Wildman–Crippen MR) is 70.5 cm³/mol. The van der Waals surface area contributed by atoms with Crippen LogP contribution in [-0.2, 0) is 9.47 Å². The van der Waals surface area contributed by atoms with Gasteiger partial charge in [0.2, 0.25) is 0 Å². The molecule has 8 heteroatoms. The molecule has 0 atom stereocenters. The summed E-state index contributed by atoms with van der Waals surface area (Å²) in [5.74, 6) is -1.18. The van der Waals surface area contributed by atoms with E-state index in [9.17, 15) is 26.3 Å². The van der Waals surface area contributed by atoms with E-state index < -0.39 is 48.6 Å². The van der Waals surface area contributed by atoms with Gasteiger partial charge in [0, 0.05) is 11.8 Å². The molecule has 0 amide bonds. The molecule has 0 aromatic heterocycles. The lowest BCUT2D eigenvalue weighted by Crippen LogP contribution is -2.72. The van der Waals surface area contributed by atoms with Crippen LogP contribution in [-0.4, -0.2) is 36.8 Å². The standard InChI is InChI=1S/C12H18F6O2.C2H6/c1-7-9(3,19-5-11(13,14)15)8(2)10(7,4)20-6-12(16,17)18;1-2/h7-8H,5-6H2,1-4H3;1-2H3. The third-order valence-electron chi connectivity index (χ3n) is 4.53. The van der Waals surface area contributed by atoms with Crippen LogP contribution in [0.3, 0.4) is 0 Å². The second-order valence-electron chi connectivity index (χ2n) is 5.62. The van der Waals surface area contributed by atoms with Gasteiger partial charge in [0.25, 0.3) is 0 Å². The lowest BCUT2D eigenvalue weighted by Gasteiger charge is -2.63. The zero-order valence-electron chi connectivity index (χ0n) is 13.7. The maximum absolute atomic E-state index is 12.2. The van der Waals surface area contributed by atoms with Crippen LogP contribution in [0.2, 0.25) is 0 Å². The van der Waals surface area contributed by atoms with E-state index in [-0.39, 0.29) is 0 Å². The molecular weight excluding hydrogens is 314 g/mol. The molecule has 2 nitrogen and oxygen atoms in total. The zero-order chi connectivity index (χ0) is 18.0. The Morgan fingerprint density at radius 2 is 0.955 bits per heavy atom. The summed E-state index contributed by atoms with van der Waals surface area (Å²) in [6, 6.07) is 0. The molecule has 1 fully saturated rings. The first-order valence-corrected chi connectivity index (χ1v) is 7.14. The topological polar surface area (TPSA) is 18.5 Å². The highest BCUT2D eigenvalue weighted by atomic mass is 19.4. The quantitative estimate of drug-likeness (QED) is 0.674. The van der Waals surface area contributed by atoms with Gasteiger partial charge < -0.3 is 9.47 Å². The van der Waals surface area contributed by atoms with Crippen molar-refractivity contribution >= 4 is 0 Å². The number of rotatable bonds is 4. The van der Waals surface area contributed by atoms with E-state index in [2.05, 4.69) is 0 Å². The molecule has 0 heterocycles. The Balaban J connectivity index is 0.00000211. The molecule has 0 bridgehead atoms. The minimum absolute atomic E-state index is 0.588. The first kappa shape index (κ1) is 21.5. The molecule has 22 heavy (non-hydrogen) atoms. The normalized spacial score (nSPS) is 35.5. The van der Waals surface area contributed by atoms with E-state index >= 15 is 0 Å². The second kappa shape index (κ2) is 6.95. The van der Waals surface area contributed by atoms with Gasteiger partial charge in [0.05, 0.1) is 11.2 Å². The minimum Gasteiger partial charge on any atom is -0.365 e. The average Bonchev–Trinajstić information content (AvgIpc) is 2.41. The summed E-state index contributed by atoms with van der Waals surface area (Å²) < 4.78 is 82.9. The molecule has 134 valence electrons. The molecule has 0 aromatic rings. The maximum atomic E-state index is 12.2. The first-order chi connectivity index (χ1) is 9.72. The minimum atomic E-state index is -4.47. The van der Waals surface area contributed by atoms with Crippen LogP contribution in [0.4, 0.5) is 26.3 Å². The number of halogens is 6. The fraction of sp³-hybridized carbons (Fsp3) is 1.00. The highest BCUT2D eigenvalue weighted by molar-refractivity contribution is 5.13. The molecular formula is C14H24F6O2. The number of hydrogen-bond donors (Lipinski definition) is 0. The molecule has 1 aliphatic carbocycles. The molecule has 0 saturated heterocycles. The van der Waals surface area contributed by atoms with Crippen molar-refractivity contribution in [3.05, 3.63) is 0 Å². The van der Waals surface area contributed by atoms with Gasteiger partial charge in [-0.3, -0.25) is 0 Å². The third-order valence-corrected chi connectivity index (χ3v) is 4.53. The smallest absolute Gasteiger partial charge is 0.365 e. The molecule has 1 saturated carbocycles. The summed E-state index contributed by atoms with van der Waals surface area (Å²) in [5.41, 5.74) is -2.31. The monoisotopic (exact) mass is 338 g/mol. The molecule has 0 radical (unpaired) electrons. The van der Waals surface area contributed by atoms with Gasteiger partial charge >= 0.3 is 12.4 Å². The van der Waals surface area contributed by atoms with Gasteiger partial charge in [-0.2, -0.15) is 26.3 Å². The highest BCUT2D eigenvalue weighted by Gasteiger charge is 2.65. The molecule has 0 aromatic carbocycles. The maximum Gasteiger partial charge on any atom is 0.411 e. The lowest BCUT2D eigenvalue weighted by molar-refractivity contribution is -0.336. The van der Waals surface area contributed by atoms with Crippen molar-refractivity contribution < 1.29 is 35.8 Å². The predicted octanol–water partition coefficient (Wildman–Crippen LogP) is 4.97. The van der Waals surface area contributed by atoms with Crippen LogP contribution in [0.15, 0.2) is 0 Å².